The van der Waals surface area contributed by atoms with Gasteiger partial charge in [0.1, 0.15) is 5.75 Å². The van der Waals surface area contributed by atoms with Crippen molar-refractivity contribution in [2.24, 2.45) is 0 Å². The van der Waals surface area contributed by atoms with Crippen molar-refractivity contribution in [2.45, 2.75) is 6.54 Å². The third kappa shape index (κ3) is 2.74. The van der Waals surface area contributed by atoms with Crippen molar-refractivity contribution >= 4 is 44.5 Å². The summed E-state index contributed by atoms with van der Waals surface area (Å²) >= 11 is 5.20. The first kappa shape index (κ1) is 12.5. The first-order chi connectivity index (χ1) is 9.22. The number of nitrogens with one attached hydrogen (secondary N) is 2. The molecule has 19 heavy (non-hydrogen) atoms. The maximum atomic E-state index is 11.3. The largest absolute Gasteiger partial charge is 0.482 e. The van der Waals surface area contributed by atoms with E-state index >= 15 is 0 Å². The van der Waals surface area contributed by atoms with Gasteiger partial charge >= 0.3 is 0 Å². The fourth-order valence-electron chi connectivity index (χ4n) is 1.83. The van der Waals surface area contributed by atoms with Gasteiger partial charge in [0.05, 0.1) is 12.2 Å². The van der Waals surface area contributed by atoms with E-state index in [2.05, 4.69) is 26.6 Å². The quantitative estimate of drug-likeness (QED) is 0.901. The predicted octanol–water partition coefficient (Wildman–Crippen LogP) is 3.45. The number of benzene rings is 1. The lowest BCUT2D eigenvalue weighted by molar-refractivity contribution is -0.118. The molecule has 1 aliphatic rings. The molecule has 1 aliphatic heterocycles. The average molecular weight is 339 g/mol. The summed E-state index contributed by atoms with van der Waals surface area (Å²) in [6.45, 7) is 0.827. The van der Waals surface area contributed by atoms with Gasteiger partial charge in [0.15, 0.2) is 6.61 Å². The topological polar surface area (TPSA) is 50.4 Å². The van der Waals surface area contributed by atoms with Crippen LogP contribution in [0, 0.1) is 0 Å². The van der Waals surface area contributed by atoms with Crippen molar-refractivity contribution in [3.05, 3.63) is 39.0 Å². The van der Waals surface area contributed by atoms with Crippen molar-refractivity contribution < 1.29 is 9.53 Å². The molecule has 0 atom stereocenters. The van der Waals surface area contributed by atoms with E-state index < -0.39 is 0 Å². The number of fused-ring (bicyclic) bond motifs is 1. The Bertz CT molecular complexity index is 627. The van der Waals surface area contributed by atoms with Gasteiger partial charge in [-0.15, -0.1) is 11.3 Å². The molecule has 1 amide bonds. The summed E-state index contributed by atoms with van der Waals surface area (Å²) in [5.74, 6) is 0.591. The summed E-state index contributed by atoms with van der Waals surface area (Å²) in [6.07, 6.45) is 0. The normalized spacial score (nSPS) is 13.4. The molecule has 4 nitrogen and oxygen atoms in total. The van der Waals surface area contributed by atoms with Crippen LogP contribution in [0.2, 0.25) is 0 Å². The molecule has 3 rings (SSSR count). The van der Waals surface area contributed by atoms with Crippen molar-refractivity contribution in [2.75, 3.05) is 17.2 Å². The zero-order chi connectivity index (χ0) is 13.2. The van der Waals surface area contributed by atoms with E-state index in [1.165, 1.54) is 4.88 Å². The Morgan fingerprint density at radius 1 is 1.42 bits per heavy atom. The maximum Gasteiger partial charge on any atom is 0.262 e. The van der Waals surface area contributed by atoms with Gasteiger partial charge in [0, 0.05) is 15.0 Å². The SMILES string of the molecule is O=C1COc2ccc(NCc3sccc3Br)cc2N1. The molecule has 0 aliphatic carbocycles. The van der Waals surface area contributed by atoms with Crippen LogP contribution in [0.5, 0.6) is 5.75 Å². The lowest BCUT2D eigenvalue weighted by Gasteiger charge is -2.18. The minimum atomic E-state index is -0.120. The van der Waals surface area contributed by atoms with Crippen molar-refractivity contribution in [3.63, 3.8) is 0 Å². The van der Waals surface area contributed by atoms with Crippen LogP contribution in [0.15, 0.2) is 34.1 Å². The third-order valence-electron chi connectivity index (χ3n) is 2.76. The van der Waals surface area contributed by atoms with Crippen LogP contribution in [-0.4, -0.2) is 12.5 Å². The van der Waals surface area contributed by atoms with E-state index in [1.54, 1.807) is 11.3 Å². The Morgan fingerprint density at radius 3 is 3.11 bits per heavy atom. The standard InChI is InChI=1S/C13H11BrN2O2S/c14-9-3-4-19-12(9)6-15-8-1-2-11-10(5-8)16-13(17)7-18-11/h1-5,15H,6-7H2,(H,16,17). The Hall–Kier alpha value is -1.53. The van der Waals surface area contributed by atoms with Gasteiger partial charge in [-0.3, -0.25) is 4.79 Å². The first-order valence-corrected chi connectivity index (χ1v) is 7.42. The zero-order valence-corrected chi connectivity index (χ0v) is 12.3. The second kappa shape index (κ2) is 5.22. The molecule has 0 bridgehead atoms. The molecule has 0 saturated carbocycles. The fraction of sp³-hybridized carbons (Fsp3) is 0.154. The van der Waals surface area contributed by atoms with Gasteiger partial charge in [0.2, 0.25) is 0 Å². The Kier molecular flexibility index (Phi) is 3.44. The number of amides is 1. The number of carbonyl (C=O) groups excluding carboxylic acids is 1. The second-order valence-corrected chi connectivity index (χ2v) is 5.95. The molecule has 98 valence electrons. The summed E-state index contributed by atoms with van der Waals surface area (Å²) < 4.78 is 6.43. The number of ether oxygens (including phenoxy) is 1. The Balaban J connectivity index is 1.74. The highest BCUT2D eigenvalue weighted by atomic mass is 79.9. The number of rotatable bonds is 3. The van der Waals surface area contributed by atoms with E-state index in [0.29, 0.717) is 11.4 Å². The number of hydrogen-bond donors (Lipinski definition) is 2. The summed E-state index contributed by atoms with van der Waals surface area (Å²) in [7, 11) is 0. The maximum absolute atomic E-state index is 11.3. The van der Waals surface area contributed by atoms with Gasteiger partial charge in [-0.25, -0.2) is 0 Å². The van der Waals surface area contributed by atoms with Crippen LogP contribution in [0.3, 0.4) is 0 Å². The number of hydrogen-bond acceptors (Lipinski definition) is 4. The number of thiophene rings is 1. The van der Waals surface area contributed by atoms with Crippen LogP contribution in [-0.2, 0) is 11.3 Å². The molecule has 1 aromatic heterocycles. The molecule has 0 fully saturated rings. The molecule has 0 unspecified atom stereocenters. The number of halogens is 1. The van der Waals surface area contributed by atoms with E-state index in [1.807, 2.05) is 29.6 Å². The smallest absolute Gasteiger partial charge is 0.262 e. The van der Waals surface area contributed by atoms with Gasteiger partial charge in [-0.2, -0.15) is 0 Å². The summed E-state index contributed by atoms with van der Waals surface area (Å²) in [6, 6.07) is 7.72. The van der Waals surface area contributed by atoms with Gasteiger partial charge in [-0.05, 0) is 45.6 Å². The minimum absolute atomic E-state index is 0.0852. The van der Waals surface area contributed by atoms with Gasteiger partial charge in [-0.1, -0.05) is 0 Å². The molecule has 2 aromatic rings. The summed E-state index contributed by atoms with van der Waals surface area (Å²) in [5, 5.41) is 8.16. The highest BCUT2D eigenvalue weighted by Gasteiger charge is 2.15. The Labute approximate surface area is 122 Å². The van der Waals surface area contributed by atoms with E-state index in [0.717, 1.165) is 16.7 Å². The van der Waals surface area contributed by atoms with Crippen molar-refractivity contribution in [3.8, 4) is 5.75 Å². The van der Waals surface area contributed by atoms with Crippen LogP contribution in [0.1, 0.15) is 4.88 Å². The van der Waals surface area contributed by atoms with Crippen molar-refractivity contribution in [1.29, 1.82) is 0 Å². The predicted molar refractivity (Wildman–Crippen MR) is 79.9 cm³/mol. The molecule has 2 heterocycles. The zero-order valence-electron chi connectivity index (χ0n) is 9.90. The second-order valence-electron chi connectivity index (χ2n) is 4.09. The highest BCUT2D eigenvalue weighted by Crippen LogP contribution is 2.31. The van der Waals surface area contributed by atoms with E-state index in [-0.39, 0.29) is 12.5 Å². The molecular weight excluding hydrogens is 328 g/mol. The van der Waals surface area contributed by atoms with E-state index in [9.17, 15) is 4.79 Å². The third-order valence-corrected chi connectivity index (χ3v) is 4.68. The van der Waals surface area contributed by atoms with Crippen molar-refractivity contribution in [1.82, 2.24) is 0 Å². The number of anilines is 2. The number of carbonyl (C=O) groups is 1. The van der Waals surface area contributed by atoms with E-state index in [4.69, 9.17) is 4.74 Å². The van der Waals surface area contributed by atoms with Gasteiger partial charge in [0.25, 0.3) is 5.91 Å². The summed E-state index contributed by atoms with van der Waals surface area (Å²) in [4.78, 5) is 12.5. The molecule has 0 radical (unpaired) electrons. The lowest BCUT2D eigenvalue weighted by Crippen LogP contribution is -2.25. The minimum Gasteiger partial charge on any atom is -0.482 e. The molecule has 1 aromatic carbocycles. The monoisotopic (exact) mass is 338 g/mol. The molecule has 6 heteroatoms. The molecular formula is C13H11BrN2O2S. The van der Waals surface area contributed by atoms with Crippen LogP contribution < -0.4 is 15.4 Å². The highest BCUT2D eigenvalue weighted by molar-refractivity contribution is 9.10. The lowest BCUT2D eigenvalue weighted by atomic mass is 10.2. The molecule has 2 N–H and O–H groups in total. The molecule has 0 saturated heterocycles. The summed E-state index contributed by atoms with van der Waals surface area (Å²) in [5.41, 5.74) is 1.66. The van der Waals surface area contributed by atoms with Gasteiger partial charge < -0.3 is 15.4 Å². The van der Waals surface area contributed by atoms with Crippen LogP contribution >= 0.6 is 27.3 Å². The first-order valence-electron chi connectivity index (χ1n) is 5.75. The fourth-order valence-corrected chi connectivity index (χ4v) is 3.26. The van der Waals surface area contributed by atoms with Crippen LogP contribution in [0.4, 0.5) is 11.4 Å². The van der Waals surface area contributed by atoms with Crippen LogP contribution in [0.25, 0.3) is 0 Å². The Morgan fingerprint density at radius 2 is 2.32 bits per heavy atom. The molecule has 0 spiro atoms. The average Bonchev–Trinajstić information content (AvgIpc) is 2.81.